The summed E-state index contributed by atoms with van der Waals surface area (Å²) in [6.45, 7) is 2.54. The molecule has 1 N–H and O–H groups in total. The van der Waals surface area contributed by atoms with Gasteiger partial charge in [0.1, 0.15) is 23.2 Å². The van der Waals surface area contributed by atoms with Crippen molar-refractivity contribution in [2.45, 2.75) is 19.1 Å². The number of halogens is 1. The molecule has 9 heteroatoms. The smallest absolute Gasteiger partial charge is 0.318 e. The zero-order valence-corrected chi connectivity index (χ0v) is 21.0. The number of aromatic nitrogens is 2. The second-order valence-corrected chi connectivity index (χ2v) is 8.88. The van der Waals surface area contributed by atoms with Gasteiger partial charge in [-0.15, -0.1) is 0 Å². The van der Waals surface area contributed by atoms with Crippen LogP contribution in [0.2, 0.25) is 5.02 Å². The highest BCUT2D eigenvalue weighted by atomic mass is 35.5. The first-order valence-corrected chi connectivity index (χ1v) is 11.9. The number of nitrogens with one attached hydrogen (secondary N) is 1. The van der Waals surface area contributed by atoms with E-state index in [2.05, 4.69) is 15.3 Å². The lowest BCUT2D eigenvalue weighted by molar-refractivity contribution is 0.0754. The third-order valence-electron chi connectivity index (χ3n) is 5.97. The summed E-state index contributed by atoms with van der Waals surface area (Å²) in [5.74, 6) is 1.25. The Morgan fingerprint density at radius 3 is 2.69 bits per heavy atom. The fourth-order valence-corrected chi connectivity index (χ4v) is 4.23. The Kier molecular flexibility index (Phi) is 8.05. The van der Waals surface area contributed by atoms with Crippen molar-refractivity contribution in [2.24, 2.45) is 0 Å². The number of methoxy groups -OCH3 is 1. The number of nitrogens with zero attached hydrogens (tertiary/aromatic N) is 4. The van der Waals surface area contributed by atoms with E-state index in [0.717, 1.165) is 29.8 Å². The predicted octanol–water partition coefficient (Wildman–Crippen LogP) is 3.96. The molecule has 0 spiro atoms. The van der Waals surface area contributed by atoms with Crippen LogP contribution in [0.5, 0.6) is 11.8 Å². The van der Waals surface area contributed by atoms with Gasteiger partial charge in [-0.05, 0) is 49.0 Å². The molecular formula is C26H30ClN5O3. The van der Waals surface area contributed by atoms with Gasteiger partial charge in [-0.1, -0.05) is 35.9 Å². The van der Waals surface area contributed by atoms with Crippen LogP contribution in [0.3, 0.4) is 0 Å². The van der Waals surface area contributed by atoms with Crippen molar-refractivity contribution in [1.82, 2.24) is 20.2 Å². The summed E-state index contributed by atoms with van der Waals surface area (Å²) in [6, 6.07) is 15.9. The van der Waals surface area contributed by atoms with E-state index in [0.29, 0.717) is 36.0 Å². The molecule has 0 fully saturated rings. The molecule has 4 rings (SSSR count). The zero-order valence-electron chi connectivity index (χ0n) is 20.2. The lowest BCUT2D eigenvalue weighted by Gasteiger charge is -2.22. The van der Waals surface area contributed by atoms with E-state index in [1.807, 2.05) is 72.4 Å². The van der Waals surface area contributed by atoms with Crippen molar-refractivity contribution in [3.8, 4) is 11.8 Å². The van der Waals surface area contributed by atoms with Crippen molar-refractivity contribution in [1.29, 1.82) is 0 Å². The van der Waals surface area contributed by atoms with Crippen LogP contribution in [0.15, 0.2) is 54.7 Å². The third-order valence-corrected chi connectivity index (χ3v) is 6.20. The first kappa shape index (κ1) is 24.8. The number of fused-ring (bicyclic) bond motifs is 1. The van der Waals surface area contributed by atoms with Crippen LogP contribution in [-0.4, -0.2) is 61.6 Å². The van der Waals surface area contributed by atoms with E-state index in [1.54, 1.807) is 0 Å². The van der Waals surface area contributed by atoms with E-state index < -0.39 is 0 Å². The summed E-state index contributed by atoms with van der Waals surface area (Å²) in [4.78, 5) is 25.5. The van der Waals surface area contributed by atoms with E-state index in [9.17, 15) is 4.79 Å². The topological polar surface area (TPSA) is 79.8 Å². The monoisotopic (exact) mass is 495 g/mol. The maximum absolute atomic E-state index is 13.2. The van der Waals surface area contributed by atoms with Gasteiger partial charge in [0.25, 0.3) is 5.91 Å². The highest BCUT2D eigenvalue weighted by Gasteiger charge is 2.27. The van der Waals surface area contributed by atoms with Gasteiger partial charge in [0, 0.05) is 44.3 Å². The van der Waals surface area contributed by atoms with Gasteiger partial charge in [-0.2, -0.15) is 4.98 Å². The SMILES string of the molecule is CNCCC(Oc1ccc(CN2CCN(C)c3nc(OC)ncc3C2=O)cc1)c1cccc(Cl)c1. The summed E-state index contributed by atoms with van der Waals surface area (Å²) in [5.41, 5.74) is 2.52. The van der Waals surface area contributed by atoms with Gasteiger partial charge in [0.2, 0.25) is 0 Å². The summed E-state index contributed by atoms with van der Waals surface area (Å²) in [5, 5.41) is 3.87. The number of anilines is 1. The maximum atomic E-state index is 13.2. The highest BCUT2D eigenvalue weighted by Crippen LogP contribution is 2.28. The number of ether oxygens (including phenoxy) is 2. The number of carbonyl (C=O) groups excluding carboxylic acids is 1. The molecule has 184 valence electrons. The molecule has 2 heterocycles. The average molecular weight is 496 g/mol. The largest absolute Gasteiger partial charge is 0.486 e. The van der Waals surface area contributed by atoms with Gasteiger partial charge in [0.15, 0.2) is 0 Å². The highest BCUT2D eigenvalue weighted by molar-refractivity contribution is 6.30. The molecule has 2 aromatic carbocycles. The minimum Gasteiger partial charge on any atom is -0.486 e. The molecule has 3 aromatic rings. The van der Waals surface area contributed by atoms with Crippen LogP contribution in [0.4, 0.5) is 5.82 Å². The Labute approximate surface area is 210 Å². The minimum atomic E-state index is -0.122. The molecule has 8 nitrogen and oxygen atoms in total. The molecule has 1 atom stereocenters. The van der Waals surface area contributed by atoms with Gasteiger partial charge < -0.3 is 24.6 Å². The molecule has 0 radical (unpaired) electrons. The Hall–Kier alpha value is -3.36. The molecule has 1 unspecified atom stereocenters. The minimum absolute atomic E-state index is 0.0968. The number of hydrogen-bond acceptors (Lipinski definition) is 7. The quantitative estimate of drug-likeness (QED) is 0.481. The van der Waals surface area contributed by atoms with E-state index >= 15 is 0 Å². The number of carbonyl (C=O) groups is 1. The van der Waals surface area contributed by atoms with Crippen LogP contribution >= 0.6 is 11.6 Å². The molecule has 0 saturated carbocycles. The number of rotatable bonds is 9. The first-order valence-electron chi connectivity index (χ1n) is 11.6. The van der Waals surface area contributed by atoms with Crippen LogP contribution in [0.1, 0.15) is 34.0 Å². The van der Waals surface area contributed by atoms with Crippen molar-refractivity contribution in [2.75, 3.05) is 45.7 Å². The fraction of sp³-hybridized carbons (Fsp3) is 0.346. The molecule has 1 aliphatic heterocycles. The number of hydrogen-bond donors (Lipinski definition) is 1. The van der Waals surface area contributed by atoms with Crippen LogP contribution < -0.4 is 19.7 Å². The lowest BCUT2D eigenvalue weighted by atomic mass is 10.1. The summed E-state index contributed by atoms with van der Waals surface area (Å²) in [7, 11) is 5.35. The van der Waals surface area contributed by atoms with Crippen LogP contribution in [0.25, 0.3) is 0 Å². The predicted molar refractivity (Wildman–Crippen MR) is 136 cm³/mol. The molecule has 1 amide bonds. The Morgan fingerprint density at radius 2 is 1.97 bits per heavy atom. The Balaban J connectivity index is 1.47. The molecule has 0 aliphatic carbocycles. The summed E-state index contributed by atoms with van der Waals surface area (Å²) >= 11 is 6.20. The lowest BCUT2D eigenvalue weighted by Crippen LogP contribution is -2.33. The van der Waals surface area contributed by atoms with Gasteiger partial charge in [-0.3, -0.25) is 4.79 Å². The average Bonchev–Trinajstić information content (AvgIpc) is 2.99. The number of amides is 1. The summed E-state index contributed by atoms with van der Waals surface area (Å²) < 4.78 is 11.4. The maximum Gasteiger partial charge on any atom is 0.318 e. The van der Waals surface area contributed by atoms with E-state index in [-0.39, 0.29) is 18.0 Å². The Bertz CT molecular complexity index is 1160. The zero-order chi connectivity index (χ0) is 24.8. The molecule has 1 aromatic heterocycles. The second kappa shape index (κ2) is 11.4. The van der Waals surface area contributed by atoms with Crippen molar-refractivity contribution >= 4 is 23.3 Å². The normalized spacial score (nSPS) is 14.3. The number of benzene rings is 2. The van der Waals surface area contributed by atoms with Crippen molar-refractivity contribution < 1.29 is 14.3 Å². The molecule has 0 bridgehead atoms. The first-order chi connectivity index (χ1) is 17.0. The van der Waals surface area contributed by atoms with E-state index in [1.165, 1.54) is 13.3 Å². The van der Waals surface area contributed by atoms with Crippen molar-refractivity contribution in [3.63, 3.8) is 0 Å². The second-order valence-electron chi connectivity index (χ2n) is 8.44. The molecule has 0 saturated heterocycles. The van der Waals surface area contributed by atoms with E-state index in [4.69, 9.17) is 21.1 Å². The van der Waals surface area contributed by atoms with Crippen LogP contribution in [-0.2, 0) is 6.54 Å². The molecular weight excluding hydrogens is 466 g/mol. The molecule has 35 heavy (non-hydrogen) atoms. The number of likely N-dealkylation sites (N-methyl/N-ethyl adjacent to an activating group) is 1. The molecule has 1 aliphatic rings. The fourth-order valence-electron chi connectivity index (χ4n) is 4.03. The summed E-state index contributed by atoms with van der Waals surface area (Å²) in [6.07, 6.45) is 2.22. The van der Waals surface area contributed by atoms with Crippen molar-refractivity contribution in [3.05, 3.63) is 76.4 Å². The van der Waals surface area contributed by atoms with Gasteiger partial charge >= 0.3 is 6.01 Å². The Morgan fingerprint density at radius 1 is 1.17 bits per heavy atom. The van der Waals surface area contributed by atoms with Gasteiger partial charge in [0.05, 0.1) is 7.11 Å². The van der Waals surface area contributed by atoms with Crippen LogP contribution in [0, 0.1) is 0 Å². The standard InChI is InChI=1S/C26H30ClN5O3/c1-28-12-11-23(19-5-4-6-20(27)15-19)35-21-9-7-18(8-10-21)17-32-14-13-31(2)24-22(25(32)33)16-29-26(30-24)34-3/h4-10,15-16,23,28H,11-14,17H2,1-3H3. The van der Waals surface area contributed by atoms with Gasteiger partial charge in [-0.25, -0.2) is 4.98 Å². The third kappa shape index (κ3) is 6.01.